The predicted molar refractivity (Wildman–Crippen MR) is 137 cm³/mol. The third kappa shape index (κ3) is 6.70. The Kier molecular flexibility index (Phi) is 8.16. The van der Waals surface area contributed by atoms with Gasteiger partial charge in [-0.05, 0) is 72.8 Å². The SMILES string of the molecule is CC1CCN(Cc2ccccc2CNC(=O)c2cccc(COc3ccccc3C(N)=O)c2)CC1. The molecular formula is C29H33N3O3. The number of likely N-dealkylation sites (tertiary alicyclic amines) is 1. The molecule has 0 saturated carbocycles. The van der Waals surface area contributed by atoms with Crippen LogP contribution in [0, 0.1) is 5.92 Å². The summed E-state index contributed by atoms with van der Waals surface area (Å²) in [5, 5.41) is 3.07. The van der Waals surface area contributed by atoms with E-state index < -0.39 is 5.91 Å². The first-order valence-corrected chi connectivity index (χ1v) is 12.2. The molecule has 3 aromatic rings. The van der Waals surface area contributed by atoms with Crippen LogP contribution in [0.1, 0.15) is 57.2 Å². The molecule has 2 amide bonds. The summed E-state index contributed by atoms with van der Waals surface area (Å²) in [5.41, 5.74) is 9.55. The van der Waals surface area contributed by atoms with E-state index in [1.807, 2.05) is 24.3 Å². The number of benzene rings is 3. The molecule has 1 aliphatic rings. The second kappa shape index (κ2) is 11.7. The van der Waals surface area contributed by atoms with Crippen LogP contribution in [0.25, 0.3) is 0 Å². The fourth-order valence-electron chi connectivity index (χ4n) is 4.38. The van der Waals surface area contributed by atoms with Gasteiger partial charge in [0.25, 0.3) is 11.8 Å². The molecule has 6 nitrogen and oxygen atoms in total. The zero-order chi connectivity index (χ0) is 24.6. The number of carbonyl (C=O) groups is 2. The molecule has 1 fully saturated rings. The number of hydrogen-bond acceptors (Lipinski definition) is 4. The number of nitrogens with zero attached hydrogens (tertiary/aromatic N) is 1. The van der Waals surface area contributed by atoms with E-state index in [1.165, 1.54) is 18.4 Å². The highest BCUT2D eigenvalue weighted by atomic mass is 16.5. The Morgan fingerprint density at radius 3 is 2.46 bits per heavy atom. The van der Waals surface area contributed by atoms with Gasteiger partial charge in [0.15, 0.2) is 0 Å². The molecule has 0 unspecified atom stereocenters. The van der Waals surface area contributed by atoms with Crippen molar-refractivity contribution in [1.82, 2.24) is 10.2 Å². The van der Waals surface area contributed by atoms with Crippen molar-refractivity contribution in [2.75, 3.05) is 13.1 Å². The maximum absolute atomic E-state index is 12.9. The molecule has 1 aliphatic heterocycles. The van der Waals surface area contributed by atoms with Gasteiger partial charge in [-0.2, -0.15) is 0 Å². The summed E-state index contributed by atoms with van der Waals surface area (Å²) in [4.78, 5) is 27.0. The van der Waals surface area contributed by atoms with E-state index in [1.54, 1.807) is 30.3 Å². The van der Waals surface area contributed by atoms with E-state index in [0.717, 1.165) is 36.7 Å². The van der Waals surface area contributed by atoms with E-state index in [9.17, 15) is 9.59 Å². The normalized spacial score (nSPS) is 14.4. The lowest BCUT2D eigenvalue weighted by Gasteiger charge is -2.30. The molecule has 6 heteroatoms. The van der Waals surface area contributed by atoms with E-state index in [4.69, 9.17) is 10.5 Å². The molecule has 3 aromatic carbocycles. The van der Waals surface area contributed by atoms with E-state index in [-0.39, 0.29) is 12.5 Å². The summed E-state index contributed by atoms with van der Waals surface area (Å²) in [6.07, 6.45) is 2.49. The highest BCUT2D eigenvalue weighted by Gasteiger charge is 2.17. The van der Waals surface area contributed by atoms with Gasteiger partial charge in [-0.15, -0.1) is 0 Å². The lowest BCUT2D eigenvalue weighted by molar-refractivity contribution is 0.0949. The summed E-state index contributed by atoms with van der Waals surface area (Å²) in [5.74, 6) is 0.560. The van der Waals surface area contributed by atoms with Crippen molar-refractivity contribution in [1.29, 1.82) is 0 Å². The van der Waals surface area contributed by atoms with Crippen molar-refractivity contribution in [3.8, 4) is 5.75 Å². The van der Waals surface area contributed by atoms with Crippen molar-refractivity contribution in [3.05, 3.63) is 101 Å². The quantitative estimate of drug-likeness (QED) is 0.480. The number of ether oxygens (including phenoxy) is 1. The number of para-hydroxylation sites is 1. The summed E-state index contributed by atoms with van der Waals surface area (Å²) in [6.45, 7) is 6.19. The average molecular weight is 472 g/mol. The largest absolute Gasteiger partial charge is 0.488 e. The maximum Gasteiger partial charge on any atom is 0.252 e. The van der Waals surface area contributed by atoms with Crippen LogP contribution in [0.3, 0.4) is 0 Å². The van der Waals surface area contributed by atoms with Gasteiger partial charge in [-0.1, -0.05) is 55.5 Å². The molecular weight excluding hydrogens is 438 g/mol. The van der Waals surface area contributed by atoms with Gasteiger partial charge >= 0.3 is 0 Å². The van der Waals surface area contributed by atoms with Crippen LogP contribution in [-0.2, 0) is 19.7 Å². The van der Waals surface area contributed by atoms with E-state index >= 15 is 0 Å². The van der Waals surface area contributed by atoms with Crippen LogP contribution in [0.15, 0.2) is 72.8 Å². The van der Waals surface area contributed by atoms with E-state index in [2.05, 4.69) is 35.3 Å². The predicted octanol–water partition coefficient (Wildman–Crippen LogP) is 4.53. The number of piperidine rings is 1. The molecule has 182 valence electrons. The second-order valence-electron chi connectivity index (χ2n) is 9.26. The Hall–Kier alpha value is -3.64. The molecule has 1 heterocycles. The minimum absolute atomic E-state index is 0.133. The van der Waals surface area contributed by atoms with Crippen LogP contribution in [0.2, 0.25) is 0 Å². The molecule has 3 N–H and O–H groups in total. The highest BCUT2D eigenvalue weighted by Crippen LogP contribution is 2.21. The number of primary amides is 1. The van der Waals surface area contributed by atoms with Crippen LogP contribution in [-0.4, -0.2) is 29.8 Å². The second-order valence-corrected chi connectivity index (χ2v) is 9.26. The average Bonchev–Trinajstić information content (AvgIpc) is 2.88. The molecule has 4 rings (SSSR count). The third-order valence-electron chi connectivity index (χ3n) is 6.56. The summed E-state index contributed by atoms with van der Waals surface area (Å²) in [6, 6.07) is 22.5. The van der Waals surface area contributed by atoms with Gasteiger partial charge < -0.3 is 15.8 Å². The van der Waals surface area contributed by atoms with Crippen molar-refractivity contribution < 1.29 is 14.3 Å². The zero-order valence-corrected chi connectivity index (χ0v) is 20.2. The number of rotatable bonds is 9. The Labute approximate surface area is 207 Å². The number of nitrogens with two attached hydrogens (primary N) is 1. The number of nitrogens with one attached hydrogen (secondary N) is 1. The van der Waals surface area contributed by atoms with Crippen molar-refractivity contribution in [2.45, 2.75) is 39.5 Å². The van der Waals surface area contributed by atoms with E-state index in [0.29, 0.717) is 23.4 Å². The fraction of sp³-hybridized carbons (Fsp3) is 0.310. The van der Waals surface area contributed by atoms with Gasteiger partial charge in [0.05, 0.1) is 5.56 Å². The Morgan fingerprint density at radius 1 is 0.971 bits per heavy atom. The molecule has 1 saturated heterocycles. The molecule has 0 aliphatic carbocycles. The van der Waals surface area contributed by atoms with Gasteiger partial charge in [0.2, 0.25) is 0 Å². The van der Waals surface area contributed by atoms with Crippen LogP contribution < -0.4 is 15.8 Å². The van der Waals surface area contributed by atoms with Crippen LogP contribution in [0.4, 0.5) is 0 Å². The number of amides is 2. The van der Waals surface area contributed by atoms with Gasteiger partial charge in [0.1, 0.15) is 12.4 Å². The zero-order valence-electron chi connectivity index (χ0n) is 20.2. The maximum atomic E-state index is 12.9. The summed E-state index contributed by atoms with van der Waals surface area (Å²) >= 11 is 0. The van der Waals surface area contributed by atoms with Crippen LogP contribution in [0.5, 0.6) is 5.75 Å². The lowest BCUT2D eigenvalue weighted by atomic mass is 9.98. The molecule has 0 aromatic heterocycles. The number of hydrogen-bond donors (Lipinski definition) is 2. The lowest BCUT2D eigenvalue weighted by Crippen LogP contribution is -2.33. The van der Waals surface area contributed by atoms with Gasteiger partial charge in [-0.25, -0.2) is 0 Å². The van der Waals surface area contributed by atoms with Crippen molar-refractivity contribution >= 4 is 11.8 Å². The Morgan fingerprint density at radius 2 is 1.69 bits per heavy atom. The topological polar surface area (TPSA) is 84.7 Å². The standard InChI is InChI=1S/C29H33N3O3/c1-21-13-15-32(16-14-21)19-25-9-3-2-8-24(25)18-31-29(34)23-10-6-7-22(17-23)20-35-27-12-5-4-11-26(27)28(30)33/h2-12,17,21H,13-16,18-20H2,1H3,(H2,30,33)(H,31,34). The first-order chi connectivity index (χ1) is 17.0. The smallest absolute Gasteiger partial charge is 0.252 e. The first kappa shape index (κ1) is 24.5. The first-order valence-electron chi connectivity index (χ1n) is 12.2. The molecule has 0 bridgehead atoms. The molecule has 0 spiro atoms. The summed E-state index contributed by atoms with van der Waals surface area (Å²) in [7, 11) is 0. The molecule has 0 atom stereocenters. The Balaban J connectivity index is 1.36. The monoisotopic (exact) mass is 471 g/mol. The highest BCUT2D eigenvalue weighted by molar-refractivity contribution is 5.95. The summed E-state index contributed by atoms with van der Waals surface area (Å²) < 4.78 is 5.81. The van der Waals surface area contributed by atoms with Gasteiger partial charge in [0, 0.05) is 18.7 Å². The van der Waals surface area contributed by atoms with Crippen molar-refractivity contribution in [3.63, 3.8) is 0 Å². The van der Waals surface area contributed by atoms with Crippen molar-refractivity contribution in [2.24, 2.45) is 11.7 Å². The van der Waals surface area contributed by atoms with Crippen LogP contribution >= 0.6 is 0 Å². The molecule has 0 radical (unpaired) electrons. The minimum Gasteiger partial charge on any atom is -0.488 e. The number of carbonyl (C=O) groups excluding carboxylic acids is 2. The molecule has 35 heavy (non-hydrogen) atoms. The Bertz CT molecular complexity index is 1170. The minimum atomic E-state index is -0.538. The fourth-order valence-corrected chi connectivity index (χ4v) is 4.38. The van der Waals surface area contributed by atoms with Gasteiger partial charge in [-0.3, -0.25) is 14.5 Å². The third-order valence-corrected chi connectivity index (χ3v) is 6.56.